The zero-order valence-corrected chi connectivity index (χ0v) is 10.2. The Hall–Kier alpha value is -2.08. The van der Waals surface area contributed by atoms with Gasteiger partial charge in [-0.05, 0) is 25.0 Å². The standard InChI is InChI=1S/C13H15NO5/c15-8-3-2-6-14(7-8)10-5-1-4-9(12(16)17)11(10)13(18)19/h1,4-5,8,15H,2-3,6-7H2,(H,16,17)(H,18,19). The maximum absolute atomic E-state index is 11.3. The lowest BCUT2D eigenvalue weighted by molar-refractivity contribution is 0.0651. The number of piperidine rings is 1. The Morgan fingerprint density at radius 2 is 1.95 bits per heavy atom. The van der Waals surface area contributed by atoms with E-state index in [4.69, 9.17) is 5.11 Å². The second kappa shape index (κ2) is 5.27. The number of nitrogens with zero attached hydrogens (tertiary/aromatic N) is 1. The number of β-amino-alcohol motifs (C(OH)–C–C–N with tert-alkyl or cyclic N) is 1. The SMILES string of the molecule is O=C(O)c1cccc(N2CCCC(O)C2)c1C(=O)O. The van der Waals surface area contributed by atoms with E-state index in [1.807, 2.05) is 0 Å². The van der Waals surface area contributed by atoms with Gasteiger partial charge in [0, 0.05) is 13.1 Å². The summed E-state index contributed by atoms with van der Waals surface area (Å²) >= 11 is 0. The minimum absolute atomic E-state index is 0.218. The van der Waals surface area contributed by atoms with Crippen molar-refractivity contribution in [3.05, 3.63) is 29.3 Å². The molecule has 1 atom stereocenters. The summed E-state index contributed by atoms with van der Waals surface area (Å²) < 4.78 is 0. The second-order valence-corrected chi connectivity index (χ2v) is 4.55. The Labute approximate surface area is 109 Å². The minimum atomic E-state index is -1.27. The number of carbonyl (C=O) groups is 2. The predicted molar refractivity (Wildman–Crippen MR) is 67.8 cm³/mol. The van der Waals surface area contributed by atoms with Crippen LogP contribution in [0.1, 0.15) is 33.6 Å². The van der Waals surface area contributed by atoms with Gasteiger partial charge in [-0.1, -0.05) is 6.07 Å². The van der Waals surface area contributed by atoms with Crippen molar-refractivity contribution in [2.75, 3.05) is 18.0 Å². The third-order valence-electron chi connectivity index (χ3n) is 3.22. The quantitative estimate of drug-likeness (QED) is 0.755. The van der Waals surface area contributed by atoms with Crippen LogP contribution < -0.4 is 4.90 Å². The highest BCUT2D eigenvalue weighted by molar-refractivity contribution is 6.05. The average Bonchev–Trinajstić information content (AvgIpc) is 2.37. The molecule has 19 heavy (non-hydrogen) atoms. The van der Waals surface area contributed by atoms with Gasteiger partial charge in [0.15, 0.2) is 0 Å². The number of aliphatic hydroxyl groups excluding tert-OH is 1. The third-order valence-corrected chi connectivity index (χ3v) is 3.22. The first-order chi connectivity index (χ1) is 9.00. The van der Waals surface area contributed by atoms with Gasteiger partial charge < -0.3 is 20.2 Å². The van der Waals surface area contributed by atoms with E-state index in [0.29, 0.717) is 25.2 Å². The highest BCUT2D eigenvalue weighted by atomic mass is 16.4. The Morgan fingerprint density at radius 1 is 1.21 bits per heavy atom. The lowest BCUT2D eigenvalue weighted by Gasteiger charge is -2.33. The molecule has 0 saturated carbocycles. The van der Waals surface area contributed by atoms with Crippen LogP contribution in [0.15, 0.2) is 18.2 Å². The average molecular weight is 265 g/mol. The molecule has 1 heterocycles. The van der Waals surface area contributed by atoms with Gasteiger partial charge in [-0.25, -0.2) is 9.59 Å². The Bertz CT molecular complexity index is 514. The number of benzene rings is 1. The lowest BCUT2D eigenvalue weighted by atomic mass is 10.0. The number of aromatic carboxylic acids is 2. The summed E-state index contributed by atoms with van der Waals surface area (Å²) in [5.41, 5.74) is -0.0969. The van der Waals surface area contributed by atoms with Crippen LogP contribution in [0.2, 0.25) is 0 Å². The molecular formula is C13H15NO5. The maximum Gasteiger partial charge on any atom is 0.338 e. The Balaban J connectivity index is 2.47. The summed E-state index contributed by atoms with van der Waals surface area (Å²) in [6, 6.07) is 4.37. The van der Waals surface area contributed by atoms with Crippen molar-refractivity contribution in [2.24, 2.45) is 0 Å². The number of carboxylic acid groups (broad SMARTS) is 2. The largest absolute Gasteiger partial charge is 0.478 e. The van der Waals surface area contributed by atoms with E-state index in [1.165, 1.54) is 12.1 Å². The molecule has 0 aromatic heterocycles. The van der Waals surface area contributed by atoms with Gasteiger partial charge in [-0.15, -0.1) is 0 Å². The van der Waals surface area contributed by atoms with Crippen molar-refractivity contribution >= 4 is 17.6 Å². The lowest BCUT2D eigenvalue weighted by Crippen LogP contribution is -2.39. The highest BCUT2D eigenvalue weighted by Crippen LogP contribution is 2.27. The molecule has 1 aliphatic heterocycles. The predicted octanol–water partition coefficient (Wildman–Crippen LogP) is 1.04. The van der Waals surface area contributed by atoms with Gasteiger partial charge in [0.2, 0.25) is 0 Å². The van der Waals surface area contributed by atoms with E-state index < -0.39 is 18.0 Å². The van der Waals surface area contributed by atoms with Gasteiger partial charge >= 0.3 is 11.9 Å². The van der Waals surface area contributed by atoms with E-state index in [1.54, 1.807) is 11.0 Å². The van der Waals surface area contributed by atoms with Crippen LogP contribution in [0, 0.1) is 0 Å². The summed E-state index contributed by atoms with van der Waals surface area (Å²) in [5.74, 6) is -2.54. The fourth-order valence-corrected chi connectivity index (χ4v) is 2.38. The molecule has 102 valence electrons. The number of anilines is 1. The van der Waals surface area contributed by atoms with Crippen molar-refractivity contribution in [3.63, 3.8) is 0 Å². The summed E-state index contributed by atoms with van der Waals surface area (Å²) in [7, 11) is 0. The maximum atomic E-state index is 11.3. The zero-order valence-electron chi connectivity index (χ0n) is 10.2. The number of hydrogen-bond donors (Lipinski definition) is 3. The van der Waals surface area contributed by atoms with Crippen LogP contribution in [-0.4, -0.2) is 46.5 Å². The first kappa shape index (κ1) is 13.4. The van der Waals surface area contributed by atoms with E-state index in [0.717, 1.165) is 6.42 Å². The second-order valence-electron chi connectivity index (χ2n) is 4.55. The van der Waals surface area contributed by atoms with E-state index in [9.17, 15) is 19.8 Å². The number of aliphatic hydroxyl groups is 1. The van der Waals surface area contributed by atoms with Crippen molar-refractivity contribution in [2.45, 2.75) is 18.9 Å². The highest BCUT2D eigenvalue weighted by Gasteiger charge is 2.26. The first-order valence-corrected chi connectivity index (χ1v) is 6.03. The van der Waals surface area contributed by atoms with Gasteiger partial charge in [0.1, 0.15) is 0 Å². The molecule has 1 unspecified atom stereocenters. The van der Waals surface area contributed by atoms with E-state index in [2.05, 4.69) is 0 Å². The fourth-order valence-electron chi connectivity index (χ4n) is 2.38. The molecule has 1 fully saturated rings. The summed E-state index contributed by atoms with van der Waals surface area (Å²) in [5, 5.41) is 27.9. The van der Waals surface area contributed by atoms with Crippen molar-refractivity contribution in [3.8, 4) is 0 Å². The van der Waals surface area contributed by atoms with E-state index >= 15 is 0 Å². The normalized spacial score (nSPS) is 19.2. The van der Waals surface area contributed by atoms with Gasteiger partial charge in [-0.3, -0.25) is 0 Å². The summed E-state index contributed by atoms with van der Waals surface area (Å²) in [6.45, 7) is 0.934. The monoisotopic (exact) mass is 265 g/mol. The summed E-state index contributed by atoms with van der Waals surface area (Å²) in [6.07, 6.45) is 0.915. The Morgan fingerprint density at radius 3 is 2.53 bits per heavy atom. The van der Waals surface area contributed by atoms with E-state index in [-0.39, 0.29) is 11.1 Å². The molecule has 1 aromatic carbocycles. The summed E-state index contributed by atoms with van der Waals surface area (Å²) in [4.78, 5) is 24.1. The van der Waals surface area contributed by atoms with Gasteiger partial charge in [0.25, 0.3) is 0 Å². The third kappa shape index (κ3) is 2.68. The Kier molecular flexibility index (Phi) is 3.71. The molecule has 1 saturated heterocycles. The molecular weight excluding hydrogens is 250 g/mol. The van der Waals surface area contributed by atoms with Gasteiger partial charge in [0.05, 0.1) is 22.9 Å². The minimum Gasteiger partial charge on any atom is -0.478 e. The van der Waals surface area contributed by atoms with Crippen LogP contribution >= 0.6 is 0 Å². The van der Waals surface area contributed by atoms with Crippen LogP contribution in [0.4, 0.5) is 5.69 Å². The number of hydrogen-bond acceptors (Lipinski definition) is 4. The smallest absolute Gasteiger partial charge is 0.338 e. The topological polar surface area (TPSA) is 98.1 Å². The van der Waals surface area contributed by atoms with Crippen molar-refractivity contribution in [1.29, 1.82) is 0 Å². The molecule has 0 aliphatic carbocycles. The zero-order chi connectivity index (χ0) is 14.0. The van der Waals surface area contributed by atoms with Crippen molar-refractivity contribution in [1.82, 2.24) is 0 Å². The van der Waals surface area contributed by atoms with Crippen LogP contribution in [-0.2, 0) is 0 Å². The first-order valence-electron chi connectivity index (χ1n) is 6.03. The van der Waals surface area contributed by atoms with Crippen LogP contribution in [0.25, 0.3) is 0 Å². The molecule has 2 rings (SSSR count). The molecule has 1 aliphatic rings. The van der Waals surface area contributed by atoms with Gasteiger partial charge in [-0.2, -0.15) is 0 Å². The molecule has 6 heteroatoms. The van der Waals surface area contributed by atoms with Crippen LogP contribution in [0.3, 0.4) is 0 Å². The molecule has 0 amide bonds. The number of carboxylic acids is 2. The molecule has 0 bridgehead atoms. The number of rotatable bonds is 3. The van der Waals surface area contributed by atoms with Crippen LogP contribution in [0.5, 0.6) is 0 Å². The fraction of sp³-hybridized carbons (Fsp3) is 0.385. The molecule has 6 nitrogen and oxygen atoms in total. The molecule has 0 spiro atoms. The molecule has 3 N–H and O–H groups in total. The molecule has 1 aromatic rings. The molecule has 0 radical (unpaired) electrons. The van der Waals surface area contributed by atoms with Crippen molar-refractivity contribution < 1.29 is 24.9 Å².